The topological polar surface area (TPSA) is 80.3 Å². The monoisotopic (exact) mass is 494 g/mol. The zero-order valence-electron chi connectivity index (χ0n) is 16.5. The number of benzene rings is 1. The van der Waals surface area contributed by atoms with Gasteiger partial charge >= 0.3 is 0 Å². The van der Waals surface area contributed by atoms with Crippen LogP contribution in [0.2, 0.25) is 0 Å². The number of halogens is 1. The smallest absolute Gasteiger partial charge is 0.214 e. The van der Waals surface area contributed by atoms with E-state index in [0.29, 0.717) is 19.0 Å². The summed E-state index contributed by atoms with van der Waals surface area (Å²) in [5, 5.41) is 10.8. The highest BCUT2D eigenvalue weighted by molar-refractivity contribution is 14.0. The van der Waals surface area contributed by atoms with Crippen molar-refractivity contribution in [2.24, 2.45) is 4.99 Å². The third kappa shape index (κ3) is 6.36. The van der Waals surface area contributed by atoms with Gasteiger partial charge in [-0.25, -0.2) is 9.98 Å². The molecule has 8 heteroatoms. The maximum atomic E-state index is 5.61. The predicted molar refractivity (Wildman–Crippen MR) is 121 cm³/mol. The van der Waals surface area contributed by atoms with Crippen molar-refractivity contribution < 1.29 is 4.42 Å². The number of aryl methyl sites for hydroxylation is 2. The fourth-order valence-corrected chi connectivity index (χ4v) is 2.69. The summed E-state index contributed by atoms with van der Waals surface area (Å²) in [5.74, 6) is 2.25. The minimum Gasteiger partial charge on any atom is -0.444 e. The van der Waals surface area contributed by atoms with Crippen LogP contribution in [0.15, 0.2) is 52.1 Å². The number of nitrogens with one attached hydrogen (secondary N) is 2. The van der Waals surface area contributed by atoms with E-state index in [-0.39, 0.29) is 24.0 Å². The van der Waals surface area contributed by atoms with Gasteiger partial charge in [-0.3, -0.25) is 4.68 Å². The van der Waals surface area contributed by atoms with E-state index in [1.165, 1.54) is 5.56 Å². The van der Waals surface area contributed by atoms with E-state index in [9.17, 15) is 0 Å². The molecule has 0 radical (unpaired) electrons. The molecule has 1 aromatic carbocycles. The van der Waals surface area contributed by atoms with Crippen molar-refractivity contribution in [2.45, 2.75) is 40.4 Å². The molecule has 0 aliphatic heterocycles. The van der Waals surface area contributed by atoms with E-state index in [2.05, 4.69) is 50.0 Å². The lowest BCUT2D eigenvalue weighted by Crippen LogP contribution is -2.36. The van der Waals surface area contributed by atoms with E-state index in [0.717, 1.165) is 36.1 Å². The zero-order chi connectivity index (χ0) is 19.1. The third-order valence-corrected chi connectivity index (χ3v) is 4.14. The van der Waals surface area contributed by atoms with Crippen LogP contribution >= 0.6 is 24.0 Å². The average Bonchev–Trinajstić information content (AvgIpc) is 3.28. The largest absolute Gasteiger partial charge is 0.444 e. The Morgan fingerprint density at radius 1 is 1.18 bits per heavy atom. The quantitative estimate of drug-likeness (QED) is 0.299. The van der Waals surface area contributed by atoms with Crippen molar-refractivity contribution >= 4 is 29.9 Å². The normalized spacial score (nSPS) is 11.2. The van der Waals surface area contributed by atoms with Crippen LogP contribution in [-0.2, 0) is 19.6 Å². The lowest BCUT2D eigenvalue weighted by Gasteiger charge is -2.10. The highest BCUT2D eigenvalue weighted by Gasteiger charge is 2.06. The van der Waals surface area contributed by atoms with Crippen LogP contribution < -0.4 is 10.6 Å². The van der Waals surface area contributed by atoms with Gasteiger partial charge in [-0.2, -0.15) is 5.10 Å². The highest BCUT2D eigenvalue weighted by atomic mass is 127. The third-order valence-electron chi connectivity index (χ3n) is 4.14. The Morgan fingerprint density at radius 2 is 2.00 bits per heavy atom. The van der Waals surface area contributed by atoms with Crippen molar-refractivity contribution in [3.63, 3.8) is 0 Å². The van der Waals surface area contributed by atoms with Gasteiger partial charge in [0.1, 0.15) is 5.76 Å². The van der Waals surface area contributed by atoms with E-state index in [1.807, 2.05) is 37.7 Å². The molecule has 0 saturated heterocycles. The molecule has 0 saturated carbocycles. The molecule has 0 atom stereocenters. The molecule has 2 aromatic heterocycles. The first-order valence-electron chi connectivity index (χ1n) is 9.14. The molecule has 2 heterocycles. The van der Waals surface area contributed by atoms with Crippen LogP contribution in [0.5, 0.6) is 0 Å². The van der Waals surface area contributed by atoms with Gasteiger partial charge in [0.2, 0.25) is 5.89 Å². The summed E-state index contributed by atoms with van der Waals surface area (Å²) in [6, 6.07) is 10.3. The molecule has 28 heavy (non-hydrogen) atoms. The SMILES string of the molecule is CCNC(=NCc1cccc(Cn2cccn2)c1)NCc1nc(C)c(C)o1.I. The second kappa shape index (κ2) is 10.8. The Balaban J connectivity index is 0.00000280. The molecule has 7 nitrogen and oxygen atoms in total. The summed E-state index contributed by atoms with van der Waals surface area (Å²) in [6.45, 7) is 8.53. The number of hydrogen-bond acceptors (Lipinski definition) is 4. The van der Waals surface area contributed by atoms with Gasteiger partial charge in [0.15, 0.2) is 5.96 Å². The van der Waals surface area contributed by atoms with E-state index in [4.69, 9.17) is 4.42 Å². The first-order chi connectivity index (χ1) is 13.1. The van der Waals surface area contributed by atoms with Gasteiger partial charge in [-0.1, -0.05) is 24.3 Å². The molecule has 0 unspecified atom stereocenters. The first-order valence-corrected chi connectivity index (χ1v) is 9.14. The van der Waals surface area contributed by atoms with Crippen molar-refractivity contribution in [1.82, 2.24) is 25.4 Å². The van der Waals surface area contributed by atoms with Crippen LogP contribution in [-0.4, -0.2) is 27.3 Å². The molecule has 150 valence electrons. The summed E-state index contributed by atoms with van der Waals surface area (Å²) >= 11 is 0. The Bertz CT molecular complexity index is 869. The summed E-state index contributed by atoms with van der Waals surface area (Å²) in [5.41, 5.74) is 3.28. The molecular formula is C20H27IN6O. The molecule has 2 N–H and O–H groups in total. The molecular weight excluding hydrogens is 467 g/mol. The summed E-state index contributed by atoms with van der Waals surface area (Å²) < 4.78 is 7.52. The highest BCUT2D eigenvalue weighted by Crippen LogP contribution is 2.09. The fourth-order valence-electron chi connectivity index (χ4n) is 2.69. The molecule has 3 rings (SSSR count). The first kappa shape index (κ1) is 21.9. The number of hydrogen-bond donors (Lipinski definition) is 2. The second-order valence-corrected chi connectivity index (χ2v) is 6.32. The minimum atomic E-state index is 0. The summed E-state index contributed by atoms with van der Waals surface area (Å²) in [4.78, 5) is 9.06. The minimum absolute atomic E-state index is 0. The van der Waals surface area contributed by atoms with E-state index in [1.54, 1.807) is 6.20 Å². The van der Waals surface area contributed by atoms with Gasteiger partial charge in [0, 0.05) is 18.9 Å². The average molecular weight is 494 g/mol. The van der Waals surface area contributed by atoms with Gasteiger partial charge < -0.3 is 15.1 Å². The van der Waals surface area contributed by atoms with Crippen molar-refractivity contribution in [3.05, 3.63) is 71.2 Å². The van der Waals surface area contributed by atoms with Gasteiger partial charge in [-0.15, -0.1) is 24.0 Å². The van der Waals surface area contributed by atoms with Gasteiger partial charge in [0.05, 0.1) is 25.3 Å². The Hall–Kier alpha value is -2.36. The lowest BCUT2D eigenvalue weighted by atomic mass is 10.1. The van der Waals surface area contributed by atoms with Crippen LogP contribution in [0, 0.1) is 13.8 Å². The summed E-state index contributed by atoms with van der Waals surface area (Å²) in [6.07, 6.45) is 3.75. The second-order valence-electron chi connectivity index (χ2n) is 6.32. The molecule has 3 aromatic rings. The van der Waals surface area contributed by atoms with Gasteiger partial charge in [-0.05, 0) is 38.0 Å². The molecule has 0 aliphatic rings. The molecule has 0 amide bonds. The number of guanidine groups is 1. The standard InChI is InChI=1S/C20H26N6O.HI/c1-4-21-20(23-13-19-25-15(2)16(3)27-19)22-12-17-7-5-8-18(11-17)14-26-10-6-9-24-26;/h5-11H,4,12-14H2,1-3H3,(H2,21,22,23);1H. The number of rotatable bonds is 7. The van der Waals surface area contributed by atoms with Gasteiger partial charge in [0.25, 0.3) is 0 Å². The van der Waals surface area contributed by atoms with E-state index >= 15 is 0 Å². The summed E-state index contributed by atoms with van der Waals surface area (Å²) in [7, 11) is 0. The number of aromatic nitrogens is 3. The fraction of sp³-hybridized carbons (Fsp3) is 0.350. The Kier molecular flexibility index (Phi) is 8.49. The Labute approximate surface area is 182 Å². The van der Waals surface area contributed by atoms with Crippen molar-refractivity contribution in [1.29, 1.82) is 0 Å². The number of aliphatic imine (C=N–C) groups is 1. The maximum Gasteiger partial charge on any atom is 0.214 e. The predicted octanol–water partition coefficient (Wildman–Crippen LogP) is 3.41. The number of nitrogens with zero attached hydrogens (tertiary/aromatic N) is 4. The Morgan fingerprint density at radius 3 is 2.68 bits per heavy atom. The van der Waals surface area contributed by atoms with Crippen LogP contribution in [0.4, 0.5) is 0 Å². The molecule has 0 aliphatic carbocycles. The van der Waals surface area contributed by atoms with Crippen LogP contribution in [0.1, 0.15) is 35.4 Å². The van der Waals surface area contributed by atoms with E-state index < -0.39 is 0 Å². The van der Waals surface area contributed by atoms with Crippen LogP contribution in [0.25, 0.3) is 0 Å². The molecule has 0 spiro atoms. The molecule has 0 fully saturated rings. The number of oxazole rings is 1. The van der Waals surface area contributed by atoms with Crippen molar-refractivity contribution in [3.8, 4) is 0 Å². The van der Waals surface area contributed by atoms with Crippen molar-refractivity contribution in [2.75, 3.05) is 6.54 Å². The lowest BCUT2D eigenvalue weighted by molar-refractivity contribution is 0.463. The van der Waals surface area contributed by atoms with Crippen LogP contribution in [0.3, 0.4) is 0 Å². The maximum absolute atomic E-state index is 5.61. The zero-order valence-corrected chi connectivity index (χ0v) is 18.8. The molecule has 0 bridgehead atoms.